The zero-order valence-electron chi connectivity index (χ0n) is 24.0. The maximum atomic E-state index is 14.0. The second-order valence-corrected chi connectivity index (χ2v) is 11.4. The van der Waals surface area contributed by atoms with Gasteiger partial charge in [0.2, 0.25) is 11.8 Å². The van der Waals surface area contributed by atoms with Crippen molar-refractivity contribution in [2.75, 3.05) is 38.0 Å². The number of rotatable bonds is 9. The number of benzene rings is 3. The number of nitrogens with one attached hydrogen (secondary N) is 1. The van der Waals surface area contributed by atoms with Crippen LogP contribution in [0.3, 0.4) is 0 Å². The summed E-state index contributed by atoms with van der Waals surface area (Å²) in [4.78, 5) is 28.5. The predicted octanol–water partition coefficient (Wildman–Crippen LogP) is 5.64. The van der Waals surface area contributed by atoms with Crippen molar-refractivity contribution in [3.63, 3.8) is 0 Å². The van der Waals surface area contributed by atoms with Crippen molar-refractivity contribution in [3.05, 3.63) is 89.7 Å². The van der Waals surface area contributed by atoms with Crippen molar-refractivity contribution in [3.8, 4) is 28.4 Å². The van der Waals surface area contributed by atoms with Gasteiger partial charge in [0.05, 0.1) is 36.6 Å². The molecule has 0 radical (unpaired) electrons. The van der Waals surface area contributed by atoms with Crippen LogP contribution in [0, 0.1) is 11.7 Å². The maximum absolute atomic E-state index is 14.0. The molecule has 0 fully saturated rings. The largest absolute Gasteiger partial charge is 0.497 e. The number of thioether (sulfide) groups is 1. The summed E-state index contributed by atoms with van der Waals surface area (Å²) in [5.41, 5.74) is 3.57. The Labute approximate surface area is 248 Å². The number of nitrogens with zero attached hydrogens (tertiary/aromatic N) is 3. The fourth-order valence-corrected chi connectivity index (χ4v) is 6.11. The number of hydrogen-bond donors (Lipinski definition) is 1. The number of fused-ring (bicyclic) bond motifs is 1. The van der Waals surface area contributed by atoms with Gasteiger partial charge in [-0.05, 0) is 48.4 Å². The maximum Gasteiger partial charge on any atom is 0.240 e. The molecule has 4 aromatic rings. The molecule has 3 aromatic carbocycles. The number of hydrogen-bond acceptors (Lipinski definition) is 6. The molecule has 218 valence electrons. The third-order valence-electron chi connectivity index (χ3n) is 6.94. The number of amides is 2. The minimum absolute atomic E-state index is 0.106. The zero-order chi connectivity index (χ0) is 29.8. The molecule has 1 N–H and O–H groups in total. The highest BCUT2D eigenvalue weighted by Crippen LogP contribution is 2.51. The summed E-state index contributed by atoms with van der Waals surface area (Å²) in [7, 11) is 3.20. The van der Waals surface area contributed by atoms with Gasteiger partial charge in [-0.25, -0.2) is 9.07 Å². The lowest BCUT2D eigenvalue weighted by molar-refractivity contribution is -0.123. The summed E-state index contributed by atoms with van der Waals surface area (Å²) in [6.07, 6.45) is 0. The second-order valence-electron chi connectivity index (χ2n) is 10.3. The van der Waals surface area contributed by atoms with Gasteiger partial charge in [-0.15, -0.1) is 11.8 Å². The molecule has 0 unspecified atom stereocenters. The highest BCUT2D eigenvalue weighted by Gasteiger charge is 2.38. The van der Waals surface area contributed by atoms with Crippen LogP contribution >= 0.6 is 11.8 Å². The molecule has 2 amide bonds. The first-order valence-electron chi connectivity index (χ1n) is 13.7. The lowest BCUT2D eigenvalue weighted by Crippen LogP contribution is -2.43. The molecule has 0 bridgehead atoms. The summed E-state index contributed by atoms with van der Waals surface area (Å²) in [5, 5.41) is 7.54. The molecular weight excluding hydrogens is 555 g/mol. The van der Waals surface area contributed by atoms with Gasteiger partial charge in [0.15, 0.2) is 0 Å². The molecular formula is C32H33FN4O4S. The second kappa shape index (κ2) is 12.7. The van der Waals surface area contributed by atoms with Crippen molar-refractivity contribution in [2.24, 2.45) is 5.92 Å². The monoisotopic (exact) mass is 588 g/mol. The van der Waals surface area contributed by atoms with Gasteiger partial charge in [-0.1, -0.05) is 44.2 Å². The van der Waals surface area contributed by atoms with E-state index in [4.69, 9.17) is 14.6 Å². The number of anilines is 1. The molecule has 1 aliphatic rings. The van der Waals surface area contributed by atoms with E-state index in [1.165, 1.54) is 28.8 Å². The number of halogens is 1. The van der Waals surface area contributed by atoms with Crippen molar-refractivity contribution >= 4 is 29.4 Å². The van der Waals surface area contributed by atoms with Crippen molar-refractivity contribution in [1.29, 1.82) is 0 Å². The summed E-state index contributed by atoms with van der Waals surface area (Å²) in [5.74, 6) is 1.16. The Morgan fingerprint density at radius 3 is 2.48 bits per heavy atom. The Kier molecular flexibility index (Phi) is 8.82. The summed E-state index contributed by atoms with van der Waals surface area (Å²) in [6.45, 7) is 4.31. The average Bonchev–Trinajstić information content (AvgIpc) is 3.33. The smallest absolute Gasteiger partial charge is 0.240 e. The summed E-state index contributed by atoms with van der Waals surface area (Å²) >= 11 is 1.43. The van der Waals surface area contributed by atoms with E-state index in [0.29, 0.717) is 35.2 Å². The molecule has 0 aliphatic carbocycles. The third kappa shape index (κ3) is 5.99. The van der Waals surface area contributed by atoms with Crippen LogP contribution in [-0.2, 0) is 9.59 Å². The Morgan fingerprint density at radius 1 is 1.07 bits per heavy atom. The normalized spacial score (nSPS) is 14.9. The van der Waals surface area contributed by atoms with E-state index in [1.807, 2.05) is 62.4 Å². The van der Waals surface area contributed by atoms with Gasteiger partial charge < -0.3 is 14.8 Å². The van der Waals surface area contributed by atoms with Gasteiger partial charge in [0.1, 0.15) is 29.7 Å². The summed E-state index contributed by atoms with van der Waals surface area (Å²) < 4.78 is 27.0. The van der Waals surface area contributed by atoms with Gasteiger partial charge in [-0.2, -0.15) is 5.10 Å². The van der Waals surface area contributed by atoms with Gasteiger partial charge in [-0.3, -0.25) is 14.5 Å². The average molecular weight is 589 g/mol. The summed E-state index contributed by atoms with van der Waals surface area (Å²) in [6, 6.07) is 21.1. The first-order chi connectivity index (χ1) is 20.3. The quantitative estimate of drug-likeness (QED) is 0.273. The lowest BCUT2D eigenvalue weighted by Gasteiger charge is -2.24. The molecule has 0 spiro atoms. The van der Waals surface area contributed by atoms with Crippen LogP contribution in [0.2, 0.25) is 0 Å². The van der Waals surface area contributed by atoms with E-state index in [1.54, 1.807) is 31.0 Å². The van der Waals surface area contributed by atoms with Gasteiger partial charge >= 0.3 is 0 Å². The first-order valence-corrected chi connectivity index (χ1v) is 14.7. The van der Waals surface area contributed by atoms with Crippen LogP contribution in [0.1, 0.15) is 30.2 Å². The fraction of sp³-hybridized carbons (Fsp3) is 0.281. The van der Waals surface area contributed by atoms with Crippen LogP contribution < -0.4 is 19.7 Å². The highest BCUT2D eigenvalue weighted by molar-refractivity contribution is 8.00. The SMILES string of the molecule is COc1ccc(OC)c([C@@H]2SCC(=O)N(CC(=O)NCC(C)C)c3c2c(-c2ccccc2)nn3-c2ccc(F)cc2)c1. The van der Waals surface area contributed by atoms with Crippen LogP contribution in [0.4, 0.5) is 10.2 Å². The lowest BCUT2D eigenvalue weighted by atomic mass is 9.98. The van der Waals surface area contributed by atoms with Crippen LogP contribution in [-0.4, -0.2) is 54.7 Å². The number of carbonyl (C=O) groups is 2. The van der Waals surface area contributed by atoms with E-state index in [2.05, 4.69) is 5.32 Å². The molecule has 0 saturated heterocycles. The van der Waals surface area contributed by atoms with Crippen LogP contribution in [0.5, 0.6) is 11.5 Å². The number of ether oxygens (including phenoxy) is 2. The minimum atomic E-state index is -0.415. The zero-order valence-corrected chi connectivity index (χ0v) is 24.8. The molecule has 2 heterocycles. The van der Waals surface area contributed by atoms with Crippen molar-refractivity contribution in [2.45, 2.75) is 19.1 Å². The molecule has 42 heavy (non-hydrogen) atoms. The number of methoxy groups -OCH3 is 2. The van der Waals surface area contributed by atoms with E-state index in [9.17, 15) is 14.0 Å². The van der Waals surface area contributed by atoms with Crippen molar-refractivity contribution in [1.82, 2.24) is 15.1 Å². The topological polar surface area (TPSA) is 85.7 Å². The van der Waals surface area contributed by atoms with Gasteiger partial charge in [0.25, 0.3) is 0 Å². The van der Waals surface area contributed by atoms with E-state index in [0.717, 1.165) is 16.7 Å². The van der Waals surface area contributed by atoms with Crippen LogP contribution in [0.15, 0.2) is 72.8 Å². The van der Waals surface area contributed by atoms with Gasteiger partial charge in [0, 0.05) is 23.2 Å². The molecule has 10 heteroatoms. The number of carbonyl (C=O) groups excluding carboxylic acids is 2. The molecule has 5 rings (SSSR count). The Morgan fingerprint density at radius 2 is 1.81 bits per heavy atom. The molecule has 1 aliphatic heterocycles. The molecule has 1 atom stereocenters. The standard InChI is InChI=1S/C32H33FN4O4S/c1-20(2)17-34-27(38)18-36-28(39)19-42-31(25-16-24(40-3)14-15-26(25)41-4)29-30(21-8-6-5-7-9-21)35-37(32(29)36)23-12-10-22(33)11-13-23/h5-16,20,31H,17-19H2,1-4H3,(H,34,38)/t31-/m0/s1. The Hall–Kier alpha value is -4.31. The Bertz CT molecular complexity index is 1570. The first kappa shape index (κ1) is 29.2. The highest BCUT2D eigenvalue weighted by atomic mass is 32.2. The Balaban J connectivity index is 1.80. The minimum Gasteiger partial charge on any atom is -0.497 e. The predicted molar refractivity (Wildman–Crippen MR) is 163 cm³/mol. The molecule has 1 aromatic heterocycles. The van der Waals surface area contributed by atoms with Crippen LogP contribution in [0.25, 0.3) is 16.9 Å². The van der Waals surface area contributed by atoms with E-state index in [-0.39, 0.29) is 30.0 Å². The van der Waals surface area contributed by atoms with E-state index < -0.39 is 11.1 Å². The van der Waals surface area contributed by atoms with E-state index >= 15 is 0 Å². The molecule has 8 nitrogen and oxygen atoms in total. The fourth-order valence-electron chi connectivity index (χ4n) is 4.90. The third-order valence-corrected chi connectivity index (χ3v) is 8.17. The molecule has 0 saturated carbocycles. The number of aromatic nitrogens is 2. The van der Waals surface area contributed by atoms with Crippen molar-refractivity contribution < 1.29 is 23.5 Å².